The van der Waals surface area contributed by atoms with Crippen LogP contribution in [0.4, 0.5) is 0 Å². The van der Waals surface area contributed by atoms with E-state index in [-0.39, 0.29) is 0 Å². The molecule has 0 bridgehead atoms. The van der Waals surface area contributed by atoms with E-state index in [9.17, 15) is 5.11 Å². The molecule has 0 heterocycles. The van der Waals surface area contributed by atoms with E-state index >= 15 is 0 Å². The Bertz CT molecular complexity index is 437. The molecule has 122 valence electrons. The van der Waals surface area contributed by atoms with Crippen LogP contribution in [-0.4, -0.2) is 18.8 Å². The molecule has 22 heavy (non-hydrogen) atoms. The van der Waals surface area contributed by atoms with Gasteiger partial charge in [0.25, 0.3) is 0 Å². The molecular formula is C20H30O2. The number of ether oxygens (including phenoxy) is 1. The number of phenolic OH excluding ortho intramolecular Hbond substituents is 1. The summed E-state index contributed by atoms with van der Waals surface area (Å²) in [7, 11) is 1.83. The van der Waals surface area contributed by atoms with Crippen LogP contribution < -0.4 is 0 Å². The van der Waals surface area contributed by atoms with Crippen molar-refractivity contribution in [1.82, 2.24) is 0 Å². The molecule has 0 radical (unpaired) electrons. The summed E-state index contributed by atoms with van der Waals surface area (Å²) >= 11 is 0. The molecule has 0 amide bonds. The molecule has 1 aromatic rings. The fraction of sp³-hybridized carbons (Fsp3) is 0.700. The van der Waals surface area contributed by atoms with Crippen molar-refractivity contribution >= 4 is 0 Å². The van der Waals surface area contributed by atoms with E-state index in [0.29, 0.717) is 11.7 Å². The molecule has 0 saturated heterocycles. The highest BCUT2D eigenvalue weighted by molar-refractivity contribution is 5.28. The summed E-state index contributed by atoms with van der Waals surface area (Å²) in [5.41, 5.74) is 1.42. The molecule has 2 nitrogen and oxygen atoms in total. The van der Waals surface area contributed by atoms with Crippen molar-refractivity contribution in [2.24, 2.45) is 17.8 Å². The molecule has 3 rings (SSSR count). The number of hydrogen-bond acceptors (Lipinski definition) is 2. The zero-order chi connectivity index (χ0) is 15.4. The van der Waals surface area contributed by atoms with Crippen LogP contribution in [0.25, 0.3) is 0 Å². The second-order valence-corrected chi connectivity index (χ2v) is 7.44. The summed E-state index contributed by atoms with van der Waals surface area (Å²) in [5.74, 6) is 3.83. The quantitative estimate of drug-likeness (QED) is 0.836. The molecule has 0 unspecified atom stereocenters. The van der Waals surface area contributed by atoms with Gasteiger partial charge in [-0.05, 0) is 92.7 Å². The van der Waals surface area contributed by atoms with Crippen LogP contribution in [-0.2, 0) is 4.74 Å². The lowest BCUT2D eigenvalue weighted by Gasteiger charge is -2.38. The van der Waals surface area contributed by atoms with E-state index < -0.39 is 0 Å². The van der Waals surface area contributed by atoms with Gasteiger partial charge in [0.15, 0.2) is 0 Å². The van der Waals surface area contributed by atoms with Gasteiger partial charge in [-0.15, -0.1) is 0 Å². The number of benzene rings is 1. The van der Waals surface area contributed by atoms with Crippen LogP contribution >= 0.6 is 0 Å². The second kappa shape index (κ2) is 7.50. The van der Waals surface area contributed by atoms with Crippen LogP contribution in [0.3, 0.4) is 0 Å². The minimum Gasteiger partial charge on any atom is -0.508 e. The first kappa shape index (κ1) is 15.9. The predicted molar refractivity (Wildman–Crippen MR) is 90.1 cm³/mol. The van der Waals surface area contributed by atoms with Crippen LogP contribution in [0.1, 0.15) is 62.8 Å². The molecule has 2 aliphatic rings. The van der Waals surface area contributed by atoms with E-state index in [1.165, 1.54) is 56.9 Å². The lowest BCUT2D eigenvalue weighted by atomic mass is 9.68. The molecule has 2 fully saturated rings. The third-order valence-electron chi connectivity index (χ3n) is 6.10. The van der Waals surface area contributed by atoms with Crippen LogP contribution in [0.15, 0.2) is 24.3 Å². The van der Waals surface area contributed by atoms with Crippen LogP contribution in [0.5, 0.6) is 5.75 Å². The van der Waals surface area contributed by atoms with Crippen molar-refractivity contribution in [3.8, 4) is 5.75 Å². The van der Waals surface area contributed by atoms with E-state index in [1.807, 2.05) is 19.2 Å². The summed E-state index contributed by atoms with van der Waals surface area (Å²) in [6.07, 6.45) is 11.0. The van der Waals surface area contributed by atoms with Gasteiger partial charge in [-0.2, -0.15) is 0 Å². The number of methoxy groups -OCH3 is 1. The average Bonchev–Trinajstić information content (AvgIpc) is 2.57. The van der Waals surface area contributed by atoms with Crippen molar-refractivity contribution in [2.75, 3.05) is 13.7 Å². The Morgan fingerprint density at radius 2 is 1.41 bits per heavy atom. The number of hydrogen-bond donors (Lipinski definition) is 1. The Morgan fingerprint density at radius 3 is 1.95 bits per heavy atom. The minimum absolute atomic E-state index is 0.380. The molecule has 0 aliphatic heterocycles. The summed E-state index contributed by atoms with van der Waals surface area (Å²) in [6.45, 7) is 0.959. The largest absolute Gasteiger partial charge is 0.508 e. The summed E-state index contributed by atoms with van der Waals surface area (Å²) in [5, 5.41) is 9.42. The van der Waals surface area contributed by atoms with Gasteiger partial charge in [0.2, 0.25) is 0 Å². The van der Waals surface area contributed by atoms with Crippen molar-refractivity contribution in [2.45, 2.75) is 57.3 Å². The van der Waals surface area contributed by atoms with Gasteiger partial charge >= 0.3 is 0 Å². The second-order valence-electron chi connectivity index (χ2n) is 7.44. The summed E-state index contributed by atoms with van der Waals surface area (Å²) in [4.78, 5) is 0. The van der Waals surface area contributed by atoms with Crippen LogP contribution in [0.2, 0.25) is 0 Å². The molecule has 0 spiro atoms. The maximum atomic E-state index is 9.42. The molecule has 0 aromatic heterocycles. The fourth-order valence-electron chi connectivity index (χ4n) is 4.73. The van der Waals surface area contributed by atoms with Crippen LogP contribution in [0, 0.1) is 17.8 Å². The topological polar surface area (TPSA) is 29.5 Å². The molecule has 1 aromatic carbocycles. The highest BCUT2D eigenvalue weighted by atomic mass is 16.5. The van der Waals surface area contributed by atoms with Gasteiger partial charge < -0.3 is 9.84 Å². The zero-order valence-corrected chi connectivity index (χ0v) is 13.8. The Labute approximate surface area is 134 Å². The smallest absolute Gasteiger partial charge is 0.115 e. The van der Waals surface area contributed by atoms with E-state index in [4.69, 9.17) is 4.74 Å². The standard InChI is InChI=1S/C20H30O2/c1-22-14-15-2-4-16(5-3-15)17-6-8-18(9-7-17)19-10-12-20(21)13-11-19/h10-13,15-18,21H,2-9,14H2,1H3. The molecule has 2 heteroatoms. The Balaban J connectivity index is 1.47. The third-order valence-corrected chi connectivity index (χ3v) is 6.10. The number of rotatable bonds is 4. The van der Waals surface area contributed by atoms with Crippen molar-refractivity contribution in [3.63, 3.8) is 0 Å². The average molecular weight is 302 g/mol. The van der Waals surface area contributed by atoms with Gasteiger partial charge in [-0.1, -0.05) is 12.1 Å². The molecule has 1 N–H and O–H groups in total. The summed E-state index contributed by atoms with van der Waals surface area (Å²) in [6, 6.07) is 7.88. The van der Waals surface area contributed by atoms with Gasteiger partial charge in [0, 0.05) is 13.7 Å². The zero-order valence-electron chi connectivity index (χ0n) is 13.8. The molecular weight excluding hydrogens is 272 g/mol. The summed E-state index contributed by atoms with van der Waals surface area (Å²) < 4.78 is 5.32. The maximum Gasteiger partial charge on any atom is 0.115 e. The minimum atomic E-state index is 0.380. The number of aromatic hydroxyl groups is 1. The Kier molecular flexibility index (Phi) is 5.41. The highest BCUT2D eigenvalue weighted by Crippen LogP contribution is 2.44. The monoisotopic (exact) mass is 302 g/mol. The first-order chi connectivity index (χ1) is 10.8. The van der Waals surface area contributed by atoms with Crippen molar-refractivity contribution in [1.29, 1.82) is 0 Å². The molecule has 2 aliphatic carbocycles. The first-order valence-corrected chi connectivity index (χ1v) is 9.04. The lowest BCUT2D eigenvalue weighted by molar-refractivity contribution is 0.0968. The highest BCUT2D eigenvalue weighted by Gasteiger charge is 2.31. The van der Waals surface area contributed by atoms with Gasteiger partial charge in [0.05, 0.1) is 0 Å². The predicted octanol–water partition coefficient (Wildman–Crippen LogP) is 5.12. The van der Waals surface area contributed by atoms with E-state index in [1.54, 1.807) is 0 Å². The van der Waals surface area contributed by atoms with E-state index in [0.717, 1.165) is 24.4 Å². The Hall–Kier alpha value is -1.02. The maximum absolute atomic E-state index is 9.42. The van der Waals surface area contributed by atoms with Gasteiger partial charge in [-0.25, -0.2) is 0 Å². The first-order valence-electron chi connectivity index (χ1n) is 9.04. The fourth-order valence-corrected chi connectivity index (χ4v) is 4.73. The number of phenols is 1. The lowest BCUT2D eigenvalue weighted by Crippen LogP contribution is -2.26. The normalized spacial score (nSPS) is 32.8. The SMILES string of the molecule is COCC1CCC(C2CCC(c3ccc(O)cc3)CC2)CC1. The Morgan fingerprint density at radius 1 is 0.864 bits per heavy atom. The van der Waals surface area contributed by atoms with Crippen molar-refractivity contribution < 1.29 is 9.84 Å². The molecule has 0 atom stereocenters. The van der Waals surface area contributed by atoms with Gasteiger partial charge in [0.1, 0.15) is 5.75 Å². The third kappa shape index (κ3) is 3.84. The van der Waals surface area contributed by atoms with Gasteiger partial charge in [-0.3, -0.25) is 0 Å². The van der Waals surface area contributed by atoms with Crippen molar-refractivity contribution in [3.05, 3.63) is 29.8 Å². The van der Waals surface area contributed by atoms with E-state index in [2.05, 4.69) is 12.1 Å². The molecule has 2 saturated carbocycles.